The van der Waals surface area contributed by atoms with Gasteiger partial charge in [-0.05, 0) is 18.1 Å². The number of hydrogen-bond acceptors (Lipinski definition) is 2. The zero-order chi connectivity index (χ0) is 11.0. The fraction of sp³-hybridized carbons (Fsp3) is 0.167. The van der Waals surface area contributed by atoms with Crippen molar-refractivity contribution >= 4 is 0 Å². The molecule has 0 aliphatic heterocycles. The van der Waals surface area contributed by atoms with Crippen molar-refractivity contribution < 1.29 is 5.11 Å². The van der Waals surface area contributed by atoms with E-state index in [1.165, 1.54) is 6.08 Å². The Morgan fingerprint density at radius 3 is 2.43 bits per heavy atom. The fourth-order valence-corrected chi connectivity index (χ4v) is 0.897. The minimum absolute atomic E-state index is 0.0937. The van der Waals surface area contributed by atoms with Gasteiger partial charge in [-0.25, -0.2) is 0 Å². The van der Waals surface area contributed by atoms with Crippen LogP contribution in [0.1, 0.15) is 13.3 Å². The van der Waals surface area contributed by atoms with Gasteiger partial charge >= 0.3 is 0 Å². The van der Waals surface area contributed by atoms with E-state index in [1.54, 1.807) is 24.3 Å². The first-order chi connectivity index (χ1) is 6.67. The zero-order valence-corrected chi connectivity index (χ0v) is 8.53. The monoisotopic (exact) mass is 191 g/mol. The lowest BCUT2D eigenvalue weighted by Gasteiger charge is -2.04. The normalized spacial score (nSPS) is 13.9. The minimum Gasteiger partial charge on any atom is -0.506 e. The van der Waals surface area contributed by atoms with Gasteiger partial charge in [-0.1, -0.05) is 44.4 Å². The number of allylic oxidation sites excluding steroid dienone is 6. The molecule has 0 heterocycles. The van der Waals surface area contributed by atoms with Crippen molar-refractivity contribution in [3.63, 3.8) is 0 Å². The molecular formula is C12H17NO. The van der Waals surface area contributed by atoms with Gasteiger partial charge in [-0.15, -0.1) is 0 Å². The highest BCUT2D eigenvalue weighted by Gasteiger charge is 2.02. The van der Waals surface area contributed by atoms with Gasteiger partial charge in [0.05, 0.1) is 5.70 Å². The third-order valence-electron chi connectivity index (χ3n) is 1.72. The summed E-state index contributed by atoms with van der Waals surface area (Å²) in [6.07, 6.45) is 9.19. The van der Waals surface area contributed by atoms with Gasteiger partial charge in [-0.2, -0.15) is 0 Å². The molecule has 0 amide bonds. The summed E-state index contributed by atoms with van der Waals surface area (Å²) in [4.78, 5) is 0. The molecule has 0 saturated carbocycles. The molecule has 0 aliphatic rings. The summed E-state index contributed by atoms with van der Waals surface area (Å²) in [5.74, 6) is 0.0937. The molecule has 0 aromatic rings. The zero-order valence-electron chi connectivity index (χ0n) is 8.53. The van der Waals surface area contributed by atoms with Crippen LogP contribution >= 0.6 is 0 Å². The van der Waals surface area contributed by atoms with Gasteiger partial charge in [0.1, 0.15) is 5.76 Å². The lowest BCUT2D eigenvalue weighted by Crippen LogP contribution is -2.01. The highest BCUT2D eigenvalue weighted by atomic mass is 16.3. The molecule has 0 aromatic carbocycles. The van der Waals surface area contributed by atoms with Crippen molar-refractivity contribution in [2.45, 2.75) is 13.3 Å². The van der Waals surface area contributed by atoms with E-state index < -0.39 is 0 Å². The Hall–Kier alpha value is -1.70. The smallest absolute Gasteiger partial charge is 0.141 e. The first-order valence-electron chi connectivity index (χ1n) is 4.47. The summed E-state index contributed by atoms with van der Waals surface area (Å²) in [6.45, 7) is 8.98. The van der Waals surface area contributed by atoms with Crippen molar-refractivity contribution in [1.82, 2.24) is 0 Å². The molecule has 0 bridgehead atoms. The summed E-state index contributed by atoms with van der Waals surface area (Å²) in [7, 11) is 0. The maximum absolute atomic E-state index is 9.63. The fourth-order valence-electron chi connectivity index (χ4n) is 0.897. The molecule has 76 valence electrons. The molecular weight excluding hydrogens is 174 g/mol. The third kappa shape index (κ3) is 3.81. The SMILES string of the molecule is C=C\C=C/C=C(CC)/C(O)=C(/N)C=C. The van der Waals surface area contributed by atoms with Gasteiger partial charge < -0.3 is 10.8 Å². The van der Waals surface area contributed by atoms with Crippen LogP contribution in [0.25, 0.3) is 0 Å². The topological polar surface area (TPSA) is 46.2 Å². The van der Waals surface area contributed by atoms with E-state index in [-0.39, 0.29) is 5.76 Å². The standard InChI is InChI=1S/C12H17NO/c1-4-7-8-9-10(5-2)12(14)11(13)6-3/h4,6-9,14H,1,3,5,13H2,2H3/b8-7-,10-9+,12-11-. The molecule has 14 heavy (non-hydrogen) atoms. The highest BCUT2D eigenvalue weighted by Crippen LogP contribution is 2.13. The van der Waals surface area contributed by atoms with Gasteiger partial charge in [0.2, 0.25) is 0 Å². The maximum Gasteiger partial charge on any atom is 0.141 e. The first-order valence-corrected chi connectivity index (χ1v) is 4.47. The second-order valence-electron chi connectivity index (χ2n) is 2.67. The molecule has 0 unspecified atom stereocenters. The lowest BCUT2D eigenvalue weighted by molar-refractivity contribution is 0.414. The van der Waals surface area contributed by atoms with Crippen LogP contribution in [0, 0.1) is 0 Å². The maximum atomic E-state index is 9.63. The van der Waals surface area contributed by atoms with E-state index in [4.69, 9.17) is 5.73 Å². The number of aliphatic hydroxyl groups excluding tert-OH is 1. The van der Waals surface area contributed by atoms with Crippen LogP contribution in [0.2, 0.25) is 0 Å². The number of hydrogen-bond donors (Lipinski definition) is 2. The molecule has 0 atom stereocenters. The van der Waals surface area contributed by atoms with Gasteiger partial charge in [0.15, 0.2) is 0 Å². The minimum atomic E-state index is 0.0937. The van der Waals surface area contributed by atoms with Crippen molar-refractivity contribution in [2.75, 3.05) is 0 Å². The Bertz CT molecular complexity index is 295. The van der Waals surface area contributed by atoms with Crippen LogP contribution in [0.3, 0.4) is 0 Å². The molecule has 0 saturated heterocycles. The van der Waals surface area contributed by atoms with Gasteiger partial charge in [-0.3, -0.25) is 0 Å². The van der Waals surface area contributed by atoms with E-state index >= 15 is 0 Å². The van der Waals surface area contributed by atoms with E-state index in [2.05, 4.69) is 13.2 Å². The molecule has 0 radical (unpaired) electrons. The number of rotatable bonds is 5. The van der Waals surface area contributed by atoms with E-state index in [0.29, 0.717) is 12.1 Å². The summed E-state index contributed by atoms with van der Waals surface area (Å²) < 4.78 is 0. The van der Waals surface area contributed by atoms with Gasteiger partial charge in [0, 0.05) is 0 Å². The van der Waals surface area contributed by atoms with Crippen LogP contribution in [-0.4, -0.2) is 5.11 Å². The van der Waals surface area contributed by atoms with Gasteiger partial charge in [0.25, 0.3) is 0 Å². The average Bonchev–Trinajstić information content (AvgIpc) is 2.22. The Kier molecular flexibility index (Phi) is 5.95. The second kappa shape index (κ2) is 6.78. The molecule has 0 fully saturated rings. The third-order valence-corrected chi connectivity index (χ3v) is 1.72. The number of nitrogens with two attached hydrogens (primary N) is 1. The Morgan fingerprint density at radius 2 is 2.00 bits per heavy atom. The van der Waals surface area contributed by atoms with Crippen LogP contribution in [-0.2, 0) is 0 Å². The molecule has 2 heteroatoms. The summed E-state index contributed by atoms with van der Waals surface area (Å²) in [5, 5.41) is 9.63. The van der Waals surface area contributed by atoms with Crippen molar-refractivity contribution in [1.29, 1.82) is 0 Å². The van der Waals surface area contributed by atoms with Crippen LogP contribution in [0.5, 0.6) is 0 Å². The Balaban J connectivity index is 4.89. The van der Waals surface area contributed by atoms with Crippen molar-refractivity contribution in [3.05, 3.63) is 60.6 Å². The Morgan fingerprint density at radius 1 is 1.36 bits per heavy atom. The highest BCUT2D eigenvalue weighted by molar-refractivity contribution is 5.35. The van der Waals surface area contributed by atoms with Crippen LogP contribution in [0.15, 0.2) is 60.6 Å². The first kappa shape index (κ1) is 12.3. The summed E-state index contributed by atoms with van der Waals surface area (Å²) in [5.41, 5.74) is 6.60. The molecule has 0 rings (SSSR count). The molecule has 0 aromatic heterocycles. The van der Waals surface area contributed by atoms with E-state index in [9.17, 15) is 5.11 Å². The Labute approximate surface area is 85.4 Å². The van der Waals surface area contributed by atoms with E-state index in [0.717, 1.165) is 5.57 Å². The average molecular weight is 191 g/mol. The van der Waals surface area contributed by atoms with Crippen LogP contribution < -0.4 is 5.73 Å². The molecule has 2 nitrogen and oxygen atoms in total. The van der Waals surface area contributed by atoms with Crippen molar-refractivity contribution in [3.8, 4) is 0 Å². The van der Waals surface area contributed by atoms with E-state index in [1.807, 2.05) is 6.92 Å². The lowest BCUT2D eigenvalue weighted by atomic mass is 10.1. The quantitative estimate of drug-likeness (QED) is 0.518. The predicted molar refractivity (Wildman–Crippen MR) is 61.8 cm³/mol. The predicted octanol–water partition coefficient (Wildman–Crippen LogP) is 2.98. The largest absolute Gasteiger partial charge is 0.506 e. The molecule has 0 spiro atoms. The molecule has 3 N–H and O–H groups in total. The summed E-state index contributed by atoms with van der Waals surface area (Å²) in [6, 6.07) is 0. The van der Waals surface area contributed by atoms with Crippen molar-refractivity contribution in [2.24, 2.45) is 5.73 Å². The summed E-state index contributed by atoms with van der Waals surface area (Å²) >= 11 is 0. The molecule has 0 aliphatic carbocycles. The second-order valence-corrected chi connectivity index (χ2v) is 2.67. The van der Waals surface area contributed by atoms with Crippen LogP contribution in [0.4, 0.5) is 0 Å². The number of aliphatic hydroxyl groups is 1.